The van der Waals surface area contributed by atoms with E-state index in [1.165, 1.54) is 11.3 Å². The number of benzene rings is 1. The van der Waals surface area contributed by atoms with E-state index in [1.807, 2.05) is 21.0 Å². The van der Waals surface area contributed by atoms with Gasteiger partial charge in [0.15, 0.2) is 0 Å². The van der Waals surface area contributed by atoms with Gasteiger partial charge in [-0.15, -0.1) is 0 Å². The predicted molar refractivity (Wildman–Crippen MR) is 79.5 cm³/mol. The molecular formula is C16H25NO2. The Hall–Kier alpha value is -1.51. The molecule has 0 heterocycles. The van der Waals surface area contributed by atoms with Crippen molar-refractivity contribution in [3.8, 4) is 0 Å². The summed E-state index contributed by atoms with van der Waals surface area (Å²) in [5.41, 5.74) is 2.34. The summed E-state index contributed by atoms with van der Waals surface area (Å²) in [5, 5.41) is 0. The molecule has 106 valence electrons. The zero-order chi connectivity index (χ0) is 14.3. The van der Waals surface area contributed by atoms with Crippen LogP contribution in [0.3, 0.4) is 0 Å². The number of carbonyl (C=O) groups is 1. The van der Waals surface area contributed by atoms with Gasteiger partial charge in [-0.25, -0.2) is 0 Å². The number of carbonyl (C=O) groups excluding carboxylic acids is 1. The van der Waals surface area contributed by atoms with Crippen molar-refractivity contribution in [3.05, 3.63) is 29.8 Å². The number of rotatable bonds is 7. The van der Waals surface area contributed by atoms with E-state index >= 15 is 0 Å². The molecule has 0 aliphatic heterocycles. The molecule has 0 aliphatic rings. The predicted octanol–water partition coefficient (Wildman–Crippen LogP) is 3.27. The van der Waals surface area contributed by atoms with Gasteiger partial charge in [0.2, 0.25) is 0 Å². The molecule has 0 N–H and O–H groups in total. The van der Waals surface area contributed by atoms with Gasteiger partial charge in [-0.05, 0) is 30.5 Å². The van der Waals surface area contributed by atoms with Crippen LogP contribution in [0.25, 0.3) is 0 Å². The lowest BCUT2D eigenvalue weighted by atomic mass is 10.0. The summed E-state index contributed by atoms with van der Waals surface area (Å²) in [6, 6.07) is 8.30. The second-order valence-electron chi connectivity index (χ2n) is 5.19. The first-order valence-electron chi connectivity index (χ1n) is 6.97. The van der Waals surface area contributed by atoms with Gasteiger partial charge in [0.1, 0.15) is 0 Å². The summed E-state index contributed by atoms with van der Waals surface area (Å²) in [6.45, 7) is 4.55. The van der Waals surface area contributed by atoms with Crippen molar-refractivity contribution in [2.75, 3.05) is 25.6 Å². The number of nitrogens with zero attached hydrogens (tertiary/aromatic N) is 1. The smallest absolute Gasteiger partial charge is 0.308 e. The maximum atomic E-state index is 11.8. The minimum absolute atomic E-state index is 0.0814. The lowest BCUT2D eigenvalue weighted by Crippen LogP contribution is -2.17. The third kappa shape index (κ3) is 5.33. The minimum Gasteiger partial charge on any atom is -0.465 e. The van der Waals surface area contributed by atoms with Crippen LogP contribution >= 0.6 is 0 Å². The number of hydrogen-bond donors (Lipinski definition) is 0. The molecule has 1 atom stereocenters. The Balaban J connectivity index is 2.47. The highest BCUT2D eigenvalue weighted by atomic mass is 16.5. The van der Waals surface area contributed by atoms with E-state index in [9.17, 15) is 4.79 Å². The third-order valence-corrected chi connectivity index (χ3v) is 3.14. The number of hydrogen-bond acceptors (Lipinski definition) is 3. The average molecular weight is 263 g/mol. The molecule has 0 saturated heterocycles. The summed E-state index contributed by atoms with van der Waals surface area (Å²) < 4.78 is 5.23. The van der Waals surface area contributed by atoms with Crippen LogP contribution in [-0.2, 0) is 16.0 Å². The third-order valence-electron chi connectivity index (χ3n) is 3.14. The first kappa shape index (κ1) is 15.5. The van der Waals surface area contributed by atoms with Gasteiger partial charge < -0.3 is 9.64 Å². The van der Waals surface area contributed by atoms with Crippen molar-refractivity contribution in [2.45, 2.75) is 33.1 Å². The van der Waals surface area contributed by atoms with E-state index in [2.05, 4.69) is 36.1 Å². The topological polar surface area (TPSA) is 29.5 Å². The highest BCUT2D eigenvalue weighted by Crippen LogP contribution is 2.15. The fourth-order valence-electron chi connectivity index (χ4n) is 1.83. The zero-order valence-electron chi connectivity index (χ0n) is 12.5. The summed E-state index contributed by atoms with van der Waals surface area (Å²) in [7, 11) is 4.03. The second kappa shape index (κ2) is 7.82. The molecule has 3 heteroatoms. The van der Waals surface area contributed by atoms with E-state index in [0.29, 0.717) is 6.61 Å². The lowest BCUT2D eigenvalue weighted by molar-refractivity contribution is -0.148. The van der Waals surface area contributed by atoms with Crippen LogP contribution in [0.1, 0.15) is 32.3 Å². The van der Waals surface area contributed by atoms with Crippen LogP contribution in [0.15, 0.2) is 24.3 Å². The van der Waals surface area contributed by atoms with Gasteiger partial charge in [-0.2, -0.15) is 0 Å². The van der Waals surface area contributed by atoms with Gasteiger partial charge in [0.25, 0.3) is 0 Å². The van der Waals surface area contributed by atoms with Crippen LogP contribution in [-0.4, -0.2) is 26.7 Å². The van der Waals surface area contributed by atoms with Crippen molar-refractivity contribution >= 4 is 11.7 Å². The Morgan fingerprint density at radius 3 is 2.42 bits per heavy atom. The second-order valence-corrected chi connectivity index (χ2v) is 5.19. The Bertz CT molecular complexity index is 384. The summed E-state index contributed by atoms with van der Waals surface area (Å²) in [6.07, 6.45) is 2.72. The lowest BCUT2D eigenvalue weighted by Gasteiger charge is -2.14. The quantitative estimate of drug-likeness (QED) is 0.558. The summed E-state index contributed by atoms with van der Waals surface area (Å²) in [5.74, 6) is -0.174. The number of ether oxygens (including phenoxy) is 1. The monoisotopic (exact) mass is 263 g/mol. The Kier molecular flexibility index (Phi) is 6.40. The number of anilines is 1. The molecule has 0 fully saturated rings. The highest BCUT2D eigenvalue weighted by Gasteiger charge is 2.14. The van der Waals surface area contributed by atoms with Crippen LogP contribution in [0, 0.1) is 5.92 Å². The fourth-order valence-corrected chi connectivity index (χ4v) is 1.83. The van der Waals surface area contributed by atoms with E-state index in [0.717, 1.165) is 19.3 Å². The Morgan fingerprint density at radius 1 is 1.26 bits per heavy atom. The Labute approximate surface area is 116 Å². The van der Waals surface area contributed by atoms with Gasteiger partial charge in [0, 0.05) is 19.8 Å². The van der Waals surface area contributed by atoms with E-state index in [1.54, 1.807) is 0 Å². The Morgan fingerprint density at radius 2 is 1.89 bits per heavy atom. The maximum absolute atomic E-state index is 11.8. The summed E-state index contributed by atoms with van der Waals surface area (Å²) in [4.78, 5) is 13.8. The minimum atomic E-state index is -0.0925. The molecule has 1 unspecified atom stereocenters. The van der Waals surface area contributed by atoms with Crippen molar-refractivity contribution in [1.82, 2.24) is 0 Å². The molecule has 19 heavy (non-hydrogen) atoms. The molecule has 1 rings (SSSR count). The van der Waals surface area contributed by atoms with Gasteiger partial charge in [-0.1, -0.05) is 32.4 Å². The molecule has 0 aliphatic carbocycles. The van der Waals surface area contributed by atoms with Crippen LogP contribution in [0.2, 0.25) is 0 Å². The van der Waals surface area contributed by atoms with Crippen LogP contribution in [0.4, 0.5) is 5.69 Å². The first-order valence-corrected chi connectivity index (χ1v) is 6.97. The largest absolute Gasteiger partial charge is 0.465 e. The van der Waals surface area contributed by atoms with Crippen molar-refractivity contribution in [1.29, 1.82) is 0 Å². The van der Waals surface area contributed by atoms with Crippen molar-refractivity contribution < 1.29 is 9.53 Å². The highest BCUT2D eigenvalue weighted by molar-refractivity contribution is 5.72. The van der Waals surface area contributed by atoms with E-state index in [-0.39, 0.29) is 11.9 Å². The van der Waals surface area contributed by atoms with Crippen LogP contribution in [0.5, 0.6) is 0 Å². The molecule has 0 amide bonds. The molecule has 1 aromatic carbocycles. The maximum Gasteiger partial charge on any atom is 0.308 e. The molecule has 0 aromatic heterocycles. The fraction of sp³-hybridized carbons (Fsp3) is 0.562. The molecule has 0 bridgehead atoms. The zero-order valence-corrected chi connectivity index (χ0v) is 12.5. The molecule has 0 spiro atoms. The molecule has 3 nitrogen and oxygen atoms in total. The standard InChI is InChI=1S/C16H25NO2/c1-5-6-11-19-16(18)13(2)12-14-7-9-15(10-8-14)17(3)4/h7-10,13H,5-6,11-12H2,1-4H3. The number of unbranched alkanes of at least 4 members (excludes halogenated alkanes) is 1. The molecule has 0 radical (unpaired) electrons. The van der Waals surface area contributed by atoms with E-state index in [4.69, 9.17) is 4.74 Å². The van der Waals surface area contributed by atoms with Crippen molar-refractivity contribution in [3.63, 3.8) is 0 Å². The first-order chi connectivity index (χ1) is 9.04. The summed E-state index contributed by atoms with van der Waals surface area (Å²) >= 11 is 0. The molecule has 1 aromatic rings. The van der Waals surface area contributed by atoms with Gasteiger partial charge >= 0.3 is 5.97 Å². The normalized spacial score (nSPS) is 12.0. The van der Waals surface area contributed by atoms with Crippen molar-refractivity contribution in [2.24, 2.45) is 5.92 Å². The molecule has 0 saturated carbocycles. The van der Waals surface area contributed by atoms with Gasteiger partial charge in [0.05, 0.1) is 12.5 Å². The number of esters is 1. The van der Waals surface area contributed by atoms with Crippen LogP contribution < -0.4 is 4.90 Å². The van der Waals surface area contributed by atoms with Gasteiger partial charge in [-0.3, -0.25) is 4.79 Å². The van der Waals surface area contributed by atoms with E-state index < -0.39 is 0 Å². The SMILES string of the molecule is CCCCOC(=O)C(C)Cc1ccc(N(C)C)cc1. The average Bonchev–Trinajstić information content (AvgIpc) is 2.39. The molecular weight excluding hydrogens is 238 g/mol.